The Morgan fingerprint density at radius 3 is 3.10 bits per heavy atom. The van der Waals surface area contributed by atoms with Gasteiger partial charge in [0.05, 0.1) is 6.10 Å². The second-order valence-electron chi connectivity index (χ2n) is 5.21. The Morgan fingerprint density at radius 2 is 2.33 bits per heavy atom. The van der Waals surface area contributed by atoms with E-state index in [1.165, 1.54) is 6.08 Å². The number of hydrogen-bond acceptors (Lipinski definition) is 4. The Labute approximate surface area is 123 Å². The third kappa shape index (κ3) is 3.31. The first-order valence-corrected chi connectivity index (χ1v) is 7.13. The van der Waals surface area contributed by atoms with Crippen LogP contribution in [0.3, 0.4) is 0 Å². The van der Waals surface area contributed by atoms with Crippen LogP contribution in [0.1, 0.15) is 18.7 Å². The normalized spacial score (nSPS) is 18.6. The second-order valence-corrected chi connectivity index (χ2v) is 5.21. The van der Waals surface area contributed by atoms with Gasteiger partial charge in [0.25, 0.3) is 0 Å². The molecule has 1 aliphatic rings. The predicted molar refractivity (Wildman–Crippen MR) is 79.7 cm³/mol. The van der Waals surface area contributed by atoms with Crippen molar-refractivity contribution in [3.8, 4) is 0 Å². The summed E-state index contributed by atoms with van der Waals surface area (Å²) < 4.78 is 11.1. The molecule has 2 aromatic rings. The molecular weight excluding hydrogens is 268 g/mol. The van der Waals surface area contributed by atoms with Crippen LogP contribution in [0.4, 0.5) is 0 Å². The molecule has 1 aromatic heterocycles. The van der Waals surface area contributed by atoms with Gasteiger partial charge in [-0.25, -0.2) is 4.98 Å². The van der Waals surface area contributed by atoms with Gasteiger partial charge < -0.3 is 14.1 Å². The van der Waals surface area contributed by atoms with Crippen molar-refractivity contribution in [2.45, 2.75) is 18.9 Å². The van der Waals surface area contributed by atoms with E-state index in [0.717, 1.165) is 30.5 Å². The highest BCUT2D eigenvalue weighted by molar-refractivity contribution is 5.91. The van der Waals surface area contributed by atoms with Crippen LogP contribution in [-0.4, -0.2) is 42.1 Å². The van der Waals surface area contributed by atoms with Crippen molar-refractivity contribution in [2.24, 2.45) is 0 Å². The van der Waals surface area contributed by atoms with Gasteiger partial charge in [0.2, 0.25) is 11.8 Å². The van der Waals surface area contributed by atoms with Crippen LogP contribution in [0.5, 0.6) is 0 Å². The van der Waals surface area contributed by atoms with Crippen LogP contribution in [0.25, 0.3) is 17.2 Å². The smallest absolute Gasteiger partial charge is 0.246 e. The largest absolute Gasteiger partial charge is 0.437 e. The number of carbonyl (C=O) groups excluding carboxylic acids is 1. The summed E-state index contributed by atoms with van der Waals surface area (Å²) in [6.07, 6.45) is 5.35. The number of benzene rings is 1. The minimum absolute atomic E-state index is 0.0762. The molecule has 5 heteroatoms. The number of amides is 1. The second kappa shape index (κ2) is 6.10. The SMILES string of the molecule is CN(CC1CCCO1)C(=O)/C=C/c1nc2ccccc2o1. The Balaban J connectivity index is 1.62. The Hall–Kier alpha value is -2.14. The highest BCUT2D eigenvalue weighted by Crippen LogP contribution is 2.16. The van der Waals surface area contributed by atoms with E-state index < -0.39 is 0 Å². The Morgan fingerprint density at radius 1 is 1.48 bits per heavy atom. The first kappa shape index (κ1) is 13.8. The van der Waals surface area contributed by atoms with Gasteiger partial charge in [0.1, 0.15) is 5.52 Å². The fraction of sp³-hybridized carbons (Fsp3) is 0.375. The number of oxazole rings is 1. The molecule has 0 N–H and O–H groups in total. The summed E-state index contributed by atoms with van der Waals surface area (Å²) in [4.78, 5) is 18.0. The van der Waals surface area contributed by atoms with Crippen LogP contribution < -0.4 is 0 Å². The lowest BCUT2D eigenvalue weighted by Gasteiger charge is -2.19. The van der Waals surface area contributed by atoms with E-state index in [9.17, 15) is 4.79 Å². The van der Waals surface area contributed by atoms with Gasteiger partial charge in [-0.15, -0.1) is 0 Å². The molecule has 0 bridgehead atoms. The van der Waals surface area contributed by atoms with Gasteiger partial charge in [-0.1, -0.05) is 12.1 Å². The monoisotopic (exact) mass is 286 g/mol. The van der Waals surface area contributed by atoms with Gasteiger partial charge in [-0.3, -0.25) is 4.79 Å². The van der Waals surface area contributed by atoms with Crippen molar-refractivity contribution in [3.05, 3.63) is 36.2 Å². The molecule has 2 heterocycles. The van der Waals surface area contributed by atoms with Crippen LogP contribution in [-0.2, 0) is 9.53 Å². The topological polar surface area (TPSA) is 55.6 Å². The number of para-hydroxylation sites is 2. The molecule has 21 heavy (non-hydrogen) atoms. The van der Waals surface area contributed by atoms with Gasteiger partial charge >= 0.3 is 0 Å². The number of likely N-dealkylation sites (N-methyl/N-ethyl adjacent to an activating group) is 1. The van der Waals surface area contributed by atoms with Crippen molar-refractivity contribution in [2.75, 3.05) is 20.2 Å². The molecule has 0 aliphatic carbocycles. The molecule has 0 saturated carbocycles. The lowest BCUT2D eigenvalue weighted by Crippen LogP contribution is -2.32. The highest BCUT2D eigenvalue weighted by Gasteiger charge is 2.19. The van der Waals surface area contributed by atoms with Crippen molar-refractivity contribution in [3.63, 3.8) is 0 Å². The first-order valence-electron chi connectivity index (χ1n) is 7.13. The van der Waals surface area contributed by atoms with Crippen molar-refractivity contribution >= 4 is 23.1 Å². The van der Waals surface area contributed by atoms with Crippen LogP contribution >= 0.6 is 0 Å². The van der Waals surface area contributed by atoms with E-state index in [2.05, 4.69) is 4.98 Å². The van der Waals surface area contributed by atoms with Gasteiger partial charge in [-0.05, 0) is 25.0 Å². The van der Waals surface area contributed by atoms with Crippen molar-refractivity contribution in [1.29, 1.82) is 0 Å². The molecule has 1 saturated heterocycles. The molecule has 1 aliphatic heterocycles. The van der Waals surface area contributed by atoms with Crippen molar-refractivity contribution in [1.82, 2.24) is 9.88 Å². The molecular formula is C16H18N2O3. The predicted octanol–water partition coefficient (Wildman–Crippen LogP) is 2.48. The Kier molecular flexibility index (Phi) is 4.01. The van der Waals surface area contributed by atoms with Crippen LogP contribution in [0.2, 0.25) is 0 Å². The standard InChI is InChI=1S/C16H18N2O3/c1-18(11-12-5-4-10-20-12)16(19)9-8-15-17-13-6-2-3-7-14(13)21-15/h2-3,6-9,12H,4-5,10-11H2,1H3/b9-8+. The molecule has 1 aromatic carbocycles. The molecule has 3 rings (SSSR count). The number of aromatic nitrogens is 1. The van der Waals surface area contributed by atoms with E-state index >= 15 is 0 Å². The zero-order valence-electron chi connectivity index (χ0n) is 12.0. The molecule has 1 unspecified atom stereocenters. The maximum absolute atomic E-state index is 12.0. The minimum atomic E-state index is -0.0762. The van der Waals surface area contributed by atoms with Crippen molar-refractivity contribution < 1.29 is 13.9 Å². The zero-order valence-corrected chi connectivity index (χ0v) is 12.0. The molecule has 1 amide bonds. The van der Waals surface area contributed by atoms with Crippen LogP contribution in [0, 0.1) is 0 Å². The third-order valence-electron chi connectivity index (χ3n) is 3.56. The lowest BCUT2D eigenvalue weighted by molar-refractivity contribution is -0.126. The molecule has 0 radical (unpaired) electrons. The number of carbonyl (C=O) groups is 1. The maximum atomic E-state index is 12.0. The molecule has 0 spiro atoms. The van der Waals surface area contributed by atoms with E-state index in [0.29, 0.717) is 12.4 Å². The fourth-order valence-corrected chi connectivity index (χ4v) is 2.41. The fourth-order valence-electron chi connectivity index (χ4n) is 2.41. The quantitative estimate of drug-likeness (QED) is 0.810. The molecule has 110 valence electrons. The van der Waals surface area contributed by atoms with Gasteiger partial charge in [-0.2, -0.15) is 0 Å². The molecule has 5 nitrogen and oxygen atoms in total. The average Bonchev–Trinajstić information content (AvgIpc) is 3.13. The average molecular weight is 286 g/mol. The first-order chi connectivity index (χ1) is 10.2. The summed E-state index contributed by atoms with van der Waals surface area (Å²) in [5.74, 6) is 0.364. The number of ether oxygens (including phenoxy) is 1. The number of hydrogen-bond donors (Lipinski definition) is 0. The minimum Gasteiger partial charge on any atom is -0.437 e. The summed E-state index contributed by atoms with van der Waals surface area (Å²) in [6.45, 7) is 1.42. The number of nitrogens with zero attached hydrogens (tertiary/aromatic N) is 2. The summed E-state index contributed by atoms with van der Waals surface area (Å²) >= 11 is 0. The Bertz CT molecular complexity index is 623. The van der Waals surface area contributed by atoms with E-state index in [1.54, 1.807) is 18.0 Å². The maximum Gasteiger partial charge on any atom is 0.246 e. The van der Waals surface area contributed by atoms with Crippen LogP contribution in [0.15, 0.2) is 34.8 Å². The van der Waals surface area contributed by atoms with E-state index in [4.69, 9.17) is 9.15 Å². The van der Waals surface area contributed by atoms with Gasteiger partial charge in [0, 0.05) is 32.4 Å². The molecule has 1 fully saturated rings. The number of rotatable bonds is 4. The molecule has 1 atom stereocenters. The zero-order chi connectivity index (χ0) is 14.7. The summed E-state index contributed by atoms with van der Waals surface area (Å²) in [6, 6.07) is 7.52. The summed E-state index contributed by atoms with van der Waals surface area (Å²) in [5, 5.41) is 0. The van der Waals surface area contributed by atoms with E-state index in [1.807, 2.05) is 24.3 Å². The summed E-state index contributed by atoms with van der Waals surface area (Å²) in [5.41, 5.74) is 1.51. The van der Waals surface area contributed by atoms with E-state index in [-0.39, 0.29) is 12.0 Å². The number of fused-ring (bicyclic) bond motifs is 1. The van der Waals surface area contributed by atoms with Gasteiger partial charge in [0.15, 0.2) is 5.58 Å². The lowest BCUT2D eigenvalue weighted by atomic mass is 10.2. The highest BCUT2D eigenvalue weighted by atomic mass is 16.5. The summed E-state index contributed by atoms with van der Waals surface area (Å²) in [7, 11) is 1.78. The third-order valence-corrected chi connectivity index (χ3v) is 3.56.